The van der Waals surface area contributed by atoms with Crippen molar-refractivity contribution in [1.82, 2.24) is 4.90 Å². The molecule has 1 atom stereocenters. The van der Waals surface area contributed by atoms with Gasteiger partial charge in [0.05, 0.1) is 12.0 Å². The van der Waals surface area contributed by atoms with Crippen molar-refractivity contribution in [2.24, 2.45) is 0 Å². The van der Waals surface area contributed by atoms with Crippen LogP contribution in [0, 0.1) is 0 Å². The van der Waals surface area contributed by atoms with E-state index in [1.54, 1.807) is 6.07 Å². The second kappa shape index (κ2) is 7.61. The van der Waals surface area contributed by atoms with Crippen molar-refractivity contribution < 1.29 is 19.4 Å². The molecule has 5 nitrogen and oxygen atoms in total. The summed E-state index contributed by atoms with van der Waals surface area (Å²) in [5.74, 6) is -0.823. The maximum atomic E-state index is 12.6. The summed E-state index contributed by atoms with van der Waals surface area (Å²) in [7, 11) is 3.02. The largest absolute Gasteiger partial charge is 0.495 e. The number of carboxylic acid groups (broad SMARTS) is 1. The Morgan fingerprint density at radius 1 is 1.35 bits per heavy atom. The van der Waals surface area contributed by atoms with Gasteiger partial charge in [-0.05, 0) is 21.5 Å². The average Bonchev–Trinajstić information content (AvgIpc) is 2.93. The van der Waals surface area contributed by atoms with Crippen molar-refractivity contribution in [3.63, 3.8) is 0 Å². The van der Waals surface area contributed by atoms with Gasteiger partial charge in [-0.2, -0.15) is 0 Å². The molecule has 23 heavy (non-hydrogen) atoms. The highest BCUT2D eigenvalue weighted by Gasteiger charge is 2.29. The lowest BCUT2D eigenvalue weighted by molar-refractivity contribution is -0.141. The van der Waals surface area contributed by atoms with E-state index in [-0.39, 0.29) is 12.3 Å². The molecule has 0 radical (unpaired) electrons. The minimum Gasteiger partial charge on any atom is -0.495 e. The molecule has 1 N–H and O–H groups in total. The van der Waals surface area contributed by atoms with Gasteiger partial charge in [0.15, 0.2) is 0 Å². The van der Waals surface area contributed by atoms with Gasteiger partial charge in [0.2, 0.25) is 0 Å². The number of carbonyl (C=O) groups excluding carboxylic acids is 1. The van der Waals surface area contributed by atoms with Crippen LogP contribution in [0.25, 0.3) is 0 Å². The highest BCUT2D eigenvalue weighted by atomic mass is 79.9. The van der Waals surface area contributed by atoms with Crippen LogP contribution in [0.3, 0.4) is 0 Å². The molecule has 122 valence electrons. The maximum absolute atomic E-state index is 12.6. The van der Waals surface area contributed by atoms with Crippen LogP contribution in [0.15, 0.2) is 40.2 Å². The number of carboxylic acids is 1. The van der Waals surface area contributed by atoms with Gasteiger partial charge in [-0.3, -0.25) is 4.79 Å². The molecule has 0 fully saturated rings. The summed E-state index contributed by atoms with van der Waals surface area (Å²) in [6, 6.07) is 9.92. The first-order chi connectivity index (χ1) is 10.9. The second-order valence-electron chi connectivity index (χ2n) is 4.91. The Bertz CT molecular complexity index is 701. The van der Waals surface area contributed by atoms with Gasteiger partial charge in [-0.15, -0.1) is 11.3 Å². The summed E-state index contributed by atoms with van der Waals surface area (Å²) in [4.78, 5) is 25.8. The van der Waals surface area contributed by atoms with E-state index in [0.717, 1.165) is 5.56 Å². The first-order valence-corrected chi connectivity index (χ1v) is 8.42. The van der Waals surface area contributed by atoms with E-state index >= 15 is 0 Å². The number of thiophene rings is 1. The van der Waals surface area contributed by atoms with Crippen molar-refractivity contribution >= 4 is 39.1 Å². The first-order valence-electron chi connectivity index (χ1n) is 6.81. The van der Waals surface area contributed by atoms with E-state index in [9.17, 15) is 14.7 Å². The number of rotatable bonds is 6. The highest BCUT2D eigenvalue weighted by Crippen LogP contribution is 2.35. The van der Waals surface area contributed by atoms with Gasteiger partial charge in [0.25, 0.3) is 5.91 Å². The lowest BCUT2D eigenvalue weighted by Crippen LogP contribution is -2.43. The van der Waals surface area contributed by atoms with E-state index < -0.39 is 12.0 Å². The molecule has 0 spiro atoms. The van der Waals surface area contributed by atoms with E-state index in [0.29, 0.717) is 14.4 Å². The SMILES string of the molecule is COc1cc(C(=O)N(C)C(Cc2ccccc2)C(=O)O)sc1Br. The van der Waals surface area contributed by atoms with Crippen molar-refractivity contribution in [3.8, 4) is 5.75 Å². The van der Waals surface area contributed by atoms with Crippen LogP contribution in [0.1, 0.15) is 15.2 Å². The van der Waals surface area contributed by atoms with Crippen LogP contribution in [0.5, 0.6) is 5.75 Å². The third-order valence-corrected chi connectivity index (χ3v) is 5.20. The first kappa shape index (κ1) is 17.5. The Hall–Kier alpha value is -1.86. The van der Waals surface area contributed by atoms with Crippen molar-refractivity contribution in [3.05, 3.63) is 50.6 Å². The van der Waals surface area contributed by atoms with E-state index in [2.05, 4.69) is 15.9 Å². The number of carbonyl (C=O) groups is 2. The summed E-state index contributed by atoms with van der Waals surface area (Å²) in [5.41, 5.74) is 0.865. The molecule has 0 saturated carbocycles. The Balaban J connectivity index is 2.21. The van der Waals surface area contributed by atoms with Gasteiger partial charge in [0, 0.05) is 19.5 Å². The molecule has 2 aromatic rings. The number of methoxy groups -OCH3 is 1. The van der Waals surface area contributed by atoms with E-state index in [1.165, 1.54) is 30.4 Å². The quantitative estimate of drug-likeness (QED) is 0.811. The predicted molar refractivity (Wildman–Crippen MR) is 92.2 cm³/mol. The van der Waals surface area contributed by atoms with Crippen LogP contribution in [0.4, 0.5) is 0 Å². The van der Waals surface area contributed by atoms with E-state index in [4.69, 9.17) is 4.74 Å². The smallest absolute Gasteiger partial charge is 0.326 e. The van der Waals surface area contributed by atoms with Crippen molar-refractivity contribution in [2.45, 2.75) is 12.5 Å². The number of ether oxygens (including phenoxy) is 1. The number of likely N-dealkylation sites (N-methyl/N-ethyl adjacent to an activating group) is 1. The molecule has 1 aromatic heterocycles. The summed E-state index contributed by atoms with van der Waals surface area (Å²) < 4.78 is 5.84. The lowest BCUT2D eigenvalue weighted by atomic mass is 10.0. The number of benzene rings is 1. The third kappa shape index (κ3) is 4.11. The zero-order valence-corrected chi connectivity index (χ0v) is 15.1. The molecule has 0 bridgehead atoms. The number of hydrogen-bond acceptors (Lipinski definition) is 4. The minimum absolute atomic E-state index is 0.252. The second-order valence-corrected chi connectivity index (χ2v) is 7.28. The molecule has 1 heterocycles. The van der Waals surface area contributed by atoms with Crippen molar-refractivity contribution in [2.75, 3.05) is 14.2 Å². The van der Waals surface area contributed by atoms with Crippen LogP contribution < -0.4 is 4.74 Å². The third-order valence-electron chi connectivity index (χ3n) is 3.43. The topological polar surface area (TPSA) is 66.8 Å². The minimum atomic E-state index is -1.03. The fraction of sp³-hybridized carbons (Fsp3) is 0.250. The van der Waals surface area contributed by atoms with Gasteiger partial charge in [-0.1, -0.05) is 30.3 Å². The Morgan fingerprint density at radius 2 is 2.00 bits per heavy atom. The molecule has 2 rings (SSSR count). The van der Waals surface area contributed by atoms with Crippen LogP contribution in [-0.4, -0.2) is 42.1 Å². The Labute approximate surface area is 146 Å². The number of halogens is 1. The Kier molecular flexibility index (Phi) is 5.79. The molecule has 1 unspecified atom stereocenters. The number of hydrogen-bond donors (Lipinski definition) is 1. The van der Waals surface area contributed by atoms with Crippen LogP contribution in [0.2, 0.25) is 0 Å². The number of aliphatic carboxylic acids is 1. The zero-order valence-electron chi connectivity index (χ0n) is 12.7. The predicted octanol–water partition coefficient (Wildman–Crippen LogP) is 3.29. The average molecular weight is 398 g/mol. The van der Waals surface area contributed by atoms with Gasteiger partial charge in [0.1, 0.15) is 15.6 Å². The maximum Gasteiger partial charge on any atom is 0.326 e. The summed E-state index contributed by atoms with van der Waals surface area (Å²) in [6.07, 6.45) is 0.252. The Morgan fingerprint density at radius 3 is 2.52 bits per heavy atom. The highest BCUT2D eigenvalue weighted by molar-refractivity contribution is 9.11. The standard InChI is InChI=1S/C16H16BrNO4S/c1-18(15(19)13-9-12(22-2)14(17)23-13)11(16(20)21)8-10-6-4-3-5-7-10/h3-7,9,11H,8H2,1-2H3,(H,20,21). The van der Waals surface area contributed by atoms with Gasteiger partial charge < -0.3 is 14.7 Å². The fourth-order valence-corrected chi connectivity index (χ4v) is 3.77. The molecule has 0 aliphatic heterocycles. The van der Waals surface area contributed by atoms with Crippen LogP contribution >= 0.6 is 27.3 Å². The molecule has 0 aliphatic carbocycles. The van der Waals surface area contributed by atoms with E-state index in [1.807, 2.05) is 30.3 Å². The number of nitrogens with zero attached hydrogens (tertiary/aromatic N) is 1. The lowest BCUT2D eigenvalue weighted by Gasteiger charge is -2.24. The number of amides is 1. The molecule has 0 saturated heterocycles. The molecular formula is C16H16BrNO4S. The molecule has 7 heteroatoms. The zero-order chi connectivity index (χ0) is 17.0. The van der Waals surface area contributed by atoms with Crippen LogP contribution in [-0.2, 0) is 11.2 Å². The summed E-state index contributed by atoms with van der Waals surface area (Å²) in [5, 5.41) is 9.48. The van der Waals surface area contributed by atoms with Crippen molar-refractivity contribution in [1.29, 1.82) is 0 Å². The molecule has 0 aliphatic rings. The fourth-order valence-electron chi connectivity index (χ4n) is 2.14. The molecule has 1 aromatic carbocycles. The monoisotopic (exact) mass is 397 g/mol. The molecular weight excluding hydrogens is 382 g/mol. The molecule has 1 amide bonds. The van der Waals surface area contributed by atoms with Gasteiger partial charge >= 0.3 is 5.97 Å². The normalized spacial score (nSPS) is 11.8. The van der Waals surface area contributed by atoms with Gasteiger partial charge in [-0.25, -0.2) is 4.79 Å². The summed E-state index contributed by atoms with van der Waals surface area (Å²) >= 11 is 4.54. The summed E-state index contributed by atoms with van der Waals surface area (Å²) in [6.45, 7) is 0.